The third-order valence-corrected chi connectivity index (χ3v) is 4.16. The summed E-state index contributed by atoms with van der Waals surface area (Å²) < 4.78 is 0. The molecule has 0 saturated heterocycles. The van der Waals surface area contributed by atoms with Crippen LogP contribution in [0.25, 0.3) is 0 Å². The van der Waals surface area contributed by atoms with Crippen molar-refractivity contribution in [3.05, 3.63) is 52.9 Å². The van der Waals surface area contributed by atoms with E-state index in [1.54, 1.807) is 0 Å². The molecule has 0 saturated carbocycles. The summed E-state index contributed by atoms with van der Waals surface area (Å²) in [6.45, 7) is 3.37. The maximum Gasteiger partial charge on any atom is 0.0439 e. The topological polar surface area (TPSA) is 6.48 Å². The standard InChI is InChI=1S/C17H22N2/c1-13-8-9-15(17(13)18(2)3)12-19-11-10-14-6-4-5-7-16(14)19/h4-7,12H,8-11H2,1-3H3/b15-12+. The first-order valence-electron chi connectivity index (χ1n) is 7.09. The van der Waals surface area contributed by atoms with Crippen LogP contribution in [0.15, 0.2) is 47.3 Å². The fourth-order valence-corrected chi connectivity index (χ4v) is 3.31. The number of anilines is 1. The molecule has 100 valence electrons. The minimum absolute atomic E-state index is 1.11. The molecular formula is C17H22N2. The molecule has 0 amide bonds. The highest BCUT2D eigenvalue weighted by Crippen LogP contribution is 2.35. The smallest absolute Gasteiger partial charge is 0.0439 e. The van der Waals surface area contributed by atoms with Gasteiger partial charge in [0.2, 0.25) is 0 Å². The van der Waals surface area contributed by atoms with Crippen LogP contribution in [0, 0.1) is 0 Å². The molecule has 1 aliphatic carbocycles. The predicted molar refractivity (Wildman–Crippen MR) is 81.2 cm³/mol. The lowest BCUT2D eigenvalue weighted by Gasteiger charge is -2.21. The van der Waals surface area contributed by atoms with Crippen molar-refractivity contribution in [2.45, 2.75) is 26.2 Å². The Morgan fingerprint density at radius 3 is 2.68 bits per heavy atom. The Morgan fingerprint density at radius 1 is 1.11 bits per heavy atom. The van der Waals surface area contributed by atoms with Crippen molar-refractivity contribution in [2.75, 3.05) is 25.5 Å². The molecule has 0 bridgehead atoms. The van der Waals surface area contributed by atoms with Crippen LogP contribution in [0.1, 0.15) is 25.3 Å². The zero-order valence-electron chi connectivity index (χ0n) is 12.1. The summed E-state index contributed by atoms with van der Waals surface area (Å²) in [6, 6.07) is 8.76. The van der Waals surface area contributed by atoms with Gasteiger partial charge in [-0.2, -0.15) is 0 Å². The summed E-state index contributed by atoms with van der Waals surface area (Å²) in [6.07, 6.45) is 5.92. The highest BCUT2D eigenvalue weighted by atomic mass is 15.1. The Bertz CT molecular complexity index is 552. The summed E-state index contributed by atoms with van der Waals surface area (Å²) in [5.74, 6) is 0. The Balaban J connectivity index is 1.92. The number of hydrogen-bond donors (Lipinski definition) is 0. The lowest BCUT2D eigenvalue weighted by Crippen LogP contribution is -2.17. The van der Waals surface area contributed by atoms with Crippen molar-refractivity contribution in [1.29, 1.82) is 0 Å². The van der Waals surface area contributed by atoms with E-state index in [2.05, 4.69) is 61.3 Å². The van der Waals surface area contributed by atoms with Crippen molar-refractivity contribution in [3.63, 3.8) is 0 Å². The number of nitrogens with zero attached hydrogens (tertiary/aromatic N) is 2. The molecule has 2 heteroatoms. The highest BCUT2D eigenvalue weighted by molar-refractivity contribution is 5.61. The number of para-hydroxylation sites is 1. The average molecular weight is 254 g/mol. The molecule has 0 fully saturated rings. The Hall–Kier alpha value is -1.70. The number of benzene rings is 1. The minimum Gasteiger partial charge on any atom is -0.377 e. The predicted octanol–water partition coefficient (Wildman–Crippen LogP) is 3.56. The molecular weight excluding hydrogens is 232 g/mol. The quantitative estimate of drug-likeness (QED) is 0.796. The summed E-state index contributed by atoms with van der Waals surface area (Å²) in [5.41, 5.74) is 7.30. The van der Waals surface area contributed by atoms with Gasteiger partial charge in [0.25, 0.3) is 0 Å². The molecule has 0 atom stereocenters. The SMILES string of the molecule is CC1=C(N(C)C)/C(=C/N2CCc3ccccc32)CC1. The summed E-state index contributed by atoms with van der Waals surface area (Å²) in [7, 11) is 4.30. The van der Waals surface area contributed by atoms with E-state index in [1.807, 2.05) is 0 Å². The van der Waals surface area contributed by atoms with Crippen molar-refractivity contribution in [2.24, 2.45) is 0 Å². The zero-order valence-corrected chi connectivity index (χ0v) is 12.1. The van der Waals surface area contributed by atoms with Crippen molar-refractivity contribution >= 4 is 5.69 Å². The molecule has 1 heterocycles. The maximum atomic E-state index is 2.42. The first-order valence-corrected chi connectivity index (χ1v) is 7.09. The minimum atomic E-state index is 1.11. The number of hydrogen-bond acceptors (Lipinski definition) is 2. The van der Waals surface area contributed by atoms with Crippen LogP contribution in [0.2, 0.25) is 0 Å². The molecule has 1 aromatic rings. The van der Waals surface area contributed by atoms with Crippen LogP contribution < -0.4 is 4.90 Å². The Kier molecular flexibility index (Phi) is 3.09. The van der Waals surface area contributed by atoms with Crippen LogP contribution in [0.5, 0.6) is 0 Å². The van der Waals surface area contributed by atoms with Crippen molar-refractivity contribution in [3.8, 4) is 0 Å². The second-order valence-corrected chi connectivity index (χ2v) is 5.75. The number of allylic oxidation sites excluding steroid dienone is 2. The molecule has 2 nitrogen and oxygen atoms in total. The van der Waals surface area contributed by atoms with E-state index in [1.165, 1.54) is 47.4 Å². The molecule has 0 radical (unpaired) electrons. The summed E-state index contributed by atoms with van der Waals surface area (Å²) in [5, 5.41) is 0. The second kappa shape index (κ2) is 4.76. The van der Waals surface area contributed by atoms with Gasteiger partial charge in [-0.1, -0.05) is 18.2 Å². The summed E-state index contributed by atoms with van der Waals surface area (Å²) in [4.78, 5) is 4.68. The van der Waals surface area contributed by atoms with Gasteiger partial charge in [-0.05, 0) is 49.0 Å². The van der Waals surface area contributed by atoms with E-state index < -0.39 is 0 Å². The number of likely N-dealkylation sites (N-methyl/N-ethyl adjacent to an activating group) is 1. The first kappa shape index (κ1) is 12.3. The molecule has 19 heavy (non-hydrogen) atoms. The molecule has 3 rings (SSSR count). The second-order valence-electron chi connectivity index (χ2n) is 5.75. The fraction of sp³-hybridized carbons (Fsp3) is 0.412. The van der Waals surface area contributed by atoms with E-state index in [0.29, 0.717) is 0 Å². The maximum absolute atomic E-state index is 2.42. The van der Waals surface area contributed by atoms with Gasteiger partial charge < -0.3 is 9.80 Å². The first-order chi connectivity index (χ1) is 9.16. The van der Waals surface area contributed by atoms with E-state index in [4.69, 9.17) is 0 Å². The molecule has 0 spiro atoms. The van der Waals surface area contributed by atoms with Crippen LogP contribution in [-0.2, 0) is 6.42 Å². The fourth-order valence-electron chi connectivity index (χ4n) is 3.31. The molecule has 2 aliphatic rings. The van der Waals surface area contributed by atoms with Crippen molar-refractivity contribution in [1.82, 2.24) is 4.90 Å². The monoisotopic (exact) mass is 254 g/mol. The van der Waals surface area contributed by atoms with Gasteiger partial charge in [-0.3, -0.25) is 0 Å². The molecule has 0 unspecified atom stereocenters. The van der Waals surface area contributed by atoms with Gasteiger partial charge in [0.1, 0.15) is 0 Å². The van der Waals surface area contributed by atoms with Gasteiger partial charge in [0.15, 0.2) is 0 Å². The van der Waals surface area contributed by atoms with Crippen LogP contribution in [0.3, 0.4) is 0 Å². The van der Waals surface area contributed by atoms with Gasteiger partial charge in [-0.25, -0.2) is 0 Å². The highest BCUT2D eigenvalue weighted by Gasteiger charge is 2.22. The van der Waals surface area contributed by atoms with E-state index in [0.717, 1.165) is 6.54 Å². The lowest BCUT2D eigenvalue weighted by atomic mass is 10.2. The Morgan fingerprint density at radius 2 is 1.89 bits per heavy atom. The Labute approximate surface area is 116 Å². The van der Waals surface area contributed by atoms with Gasteiger partial charge in [0, 0.05) is 38.2 Å². The lowest BCUT2D eigenvalue weighted by molar-refractivity contribution is 0.519. The summed E-state index contributed by atoms with van der Waals surface area (Å²) >= 11 is 0. The molecule has 0 aromatic heterocycles. The molecule has 1 aliphatic heterocycles. The zero-order chi connectivity index (χ0) is 13.4. The van der Waals surface area contributed by atoms with Crippen molar-refractivity contribution < 1.29 is 0 Å². The number of fused-ring (bicyclic) bond motifs is 1. The van der Waals surface area contributed by atoms with Gasteiger partial charge in [-0.15, -0.1) is 0 Å². The van der Waals surface area contributed by atoms with E-state index >= 15 is 0 Å². The van der Waals surface area contributed by atoms with E-state index in [9.17, 15) is 0 Å². The van der Waals surface area contributed by atoms with E-state index in [-0.39, 0.29) is 0 Å². The van der Waals surface area contributed by atoms with Gasteiger partial charge in [0.05, 0.1) is 0 Å². The van der Waals surface area contributed by atoms with Gasteiger partial charge >= 0.3 is 0 Å². The normalized spacial score (nSPS) is 20.4. The van der Waals surface area contributed by atoms with Crippen LogP contribution in [-0.4, -0.2) is 25.5 Å². The van der Waals surface area contributed by atoms with Crippen LogP contribution >= 0.6 is 0 Å². The van der Waals surface area contributed by atoms with Crippen LogP contribution in [0.4, 0.5) is 5.69 Å². The number of rotatable bonds is 2. The average Bonchev–Trinajstić information content (AvgIpc) is 2.95. The largest absolute Gasteiger partial charge is 0.377 e. The molecule has 1 aromatic carbocycles. The third-order valence-electron chi connectivity index (χ3n) is 4.16. The third kappa shape index (κ3) is 2.16. The molecule has 0 N–H and O–H groups in total.